The topological polar surface area (TPSA) is 84.0 Å². The van der Waals surface area contributed by atoms with Crippen molar-refractivity contribution in [2.45, 2.75) is 45.1 Å². The number of carbonyl (C=O) groups is 1. The molecular formula is C20H32N4O3. The van der Waals surface area contributed by atoms with E-state index in [2.05, 4.69) is 20.9 Å². The van der Waals surface area contributed by atoms with Gasteiger partial charge in [-0.15, -0.1) is 0 Å². The molecule has 0 radical (unpaired) electrons. The van der Waals surface area contributed by atoms with Gasteiger partial charge >= 0.3 is 0 Å². The van der Waals surface area contributed by atoms with Crippen molar-refractivity contribution in [3.63, 3.8) is 0 Å². The highest BCUT2D eigenvalue weighted by atomic mass is 16.5. The fourth-order valence-electron chi connectivity index (χ4n) is 2.46. The minimum absolute atomic E-state index is 0.129. The summed E-state index contributed by atoms with van der Waals surface area (Å²) in [5, 5.41) is 9.51. The molecule has 1 saturated carbocycles. The molecule has 3 N–H and O–H groups in total. The number of nitrogens with one attached hydrogen (secondary N) is 3. The Morgan fingerprint density at radius 3 is 2.85 bits per heavy atom. The Hall–Kier alpha value is -2.28. The van der Waals surface area contributed by atoms with Crippen LogP contribution in [0.15, 0.2) is 29.3 Å². The third kappa shape index (κ3) is 9.28. The largest absolute Gasteiger partial charge is 0.493 e. The number of hydrogen-bond donors (Lipinski definition) is 3. The van der Waals surface area contributed by atoms with Gasteiger partial charge in [0, 0.05) is 57.4 Å². The quantitative estimate of drug-likeness (QED) is 0.297. The predicted octanol–water partition coefficient (Wildman–Crippen LogP) is 2.54. The summed E-state index contributed by atoms with van der Waals surface area (Å²) >= 11 is 0. The summed E-state index contributed by atoms with van der Waals surface area (Å²) < 4.78 is 10.8. The monoisotopic (exact) mass is 376 g/mol. The lowest BCUT2D eigenvalue weighted by Gasteiger charge is -2.13. The Labute approximate surface area is 161 Å². The van der Waals surface area contributed by atoms with E-state index in [0.717, 1.165) is 43.7 Å². The Balaban J connectivity index is 1.78. The Morgan fingerprint density at radius 1 is 1.26 bits per heavy atom. The van der Waals surface area contributed by atoms with Gasteiger partial charge in [-0.1, -0.05) is 6.07 Å². The van der Waals surface area contributed by atoms with Crippen molar-refractivity contribution in [2.75, 3.05) is 38.7 Å². The molecule has 0 saturated heterocycles. The van der Waals surface area contributed by atoms with E-state index in [0.29, 0.717) is 38.2 Å². The second-order valence-electron chi connectivity index (χ2n) is 6.55. The number of aliphatic imine (C=N–C) groups is 1. The second-order valence-corrected chi connectivity index (χ2v) is 6.55. The van der Waals surface area contributed by atoms with Crippen molar-refractivity contribution in [1.82, 2.24) is 10.6 Å². The number of hydrogen-bond acceptors (Lipinski definition) is 4. The van der Waals surface area contributed by atoms with Crippen LogP contribution in [0.25, 0.3) is 0 Å². The predicted molar refractivity (Wildman–Crippen MR) is 108 cm³/mol. The highest BCUT2D eigenvalue weighted by molar-refractivity contribution is 5.93. The van der Waals surface area contributed by atoms with Crippen molar-refractivity contribution in [3.05, 3.63) is 24.3 Å². The zero-order valence-electron chi connectivity index (χ0n) is 16.4. The molecule has 0 spiro atoms. The maximum atomic E-state index is 11.7. The fourth-order valence-corrected chi connectivity index (χ4v) is 2.46. The van der Waals surface area contributed by atoms with Crippen LogP contribution in [0.4, 0.5) is 5.69 Å². The molecule has 1 amide bonds. The summed E-state index contributed by atoms with van der Waals surface area (Å²) in [5.74, 6) is 1.64. The summed E-state index contributed by atoms with van der Waals surface area (Å²) in [7, 11) is 1.69. The van der Waals surface area contributed by atoms with Gasteiger partial charge in [-0.25, -0.2) is 0 Å². The lowest BCUT2D eigenvalue weighted by molar-refractivity contribution is -0.121. The molecule has 2 rings (SSSR count). The van der Waals surface area contributed by atoms with E-state index in [-0.39, 0.29) is 5.91 Å². The molecule has 0 aromatic heterocycles. The molecule has 0 bridgehead atoms. The van der Waals surface area contributed by atoms with Gasteiger partial charge in [-0.05, 0) is 38.3 Å². The number of rotatable bonds is 12. The normalized spacial score (nSPS) is 13.9. The molecule has 1 aliphatic rings. The Kier molecular flexibility index (Phi) is 9.48. The van der Waals surface area contributed by atoms with Crippen LogP contribution in [0.1, 0.15) is 39.0 Å². The number of guanidine groups is 1. The van der Waals surface area contributed by atoms with E-state index >= 15 is 0 Å². The molecule has 150 valence electrons. The number of ether oxygens (including phenoxy) is 2. The number of methoxy groups -OCH3 is 1. The first-order valence-corrected chi connectivity index (χ1v) is 9.77. The van der Waals surface area contributed by atoms with Gasteiger partial charge in [0.25, 0.3) is 0 Å². The van der Waals surface area contributed by atoms with Crippen molar-refractivity contribution in [3.8, 4) is 5.75 Å². The minimum Gasteiger partial charge on any atom is -0.493 e. The Bertz CT molecular complexity index is 603. The minimum atomic E-state index is 0.129. The van der Waals surface area contributed by atoms with Crippen LogP contribution >= 0.6 is 0 Å². The molecule has 27 heavy (non-hydrogen) atoms. The van der Waals surface area contributed by atoms with Crippen LogP contribution in [0, 0.1) is 0 Å². The van der Waals surface area contributed by atoms with Crippen LogP contribution in [-0.4, -0.2) is 51.3 Å². The Morgan fingerprint density at radius 2 is 2.11 bits per heavy atom. The van der Waals surface area contributed by atoms with E-state index in [4.69, 9.17) is 9.47 Å². The van der Waals surface area contributed by atoms with Gasteiger partial charge in [0.2, 0.25) is 5.91 Å². The van der Waals surface area contributed by atoms with Crippen LogP contribution in [0.2, 0.25) is 0 Å². The standard InChI is InChI=1S/C20H32N4O3/c1-3-21-20(22-12-5-9-19(25)23-16-10-11-16)24-17-7-4-8-18(15-17)27-14-6-13-26-2/h4,7-8,15-16H,3,5-6,9-14H2,1-2H3,(H,23,25)(H2,21,22,24). The van der Waals surface area contributed by atoms with Crippen LogP contribution < -0.4 is 20.7 Å². The molecule has 7 nitrogen and oxygen atoms in total. The molecule has 1 aromatic carbocycles. The number of amides is 1. The van der Waals surface area contributed by atoms with Gasteiger partial charge in [0.05, 0.1) is 6.61 Å². The number of carbonyl (C=O) groups excluding carboxylic acids is 1. The van der Waals surface area contributed by atoms with Gasteiger partial charge in [0.15, 0.2) is 5.96 Å². The fraction of sp³-hybridized carbons (Fsp3) is 0.600. The molecule has 0 atom stereocenters. The average molecular weight is 377 g/mol. The summed E-state index contributed by atoms with van der Waals surface area (Å²) in [6.45, 7) is 4.69. The third-order valence-electron chi connectivity index (χ3n) is 3.98. The van der Waals surface area contributed by atoms with Crippen molar-refractivity contribution < 1.29 is 14.3 Å². The molecule has 0 unspecified atom stereocenters. The number of benzene rings is 1. The van der Waals surface area contributed by atoms with E-state index in [1.807, 2.05) is 31.2 Å². The van der Waals surface area contributed by atoms with Gasteiger partial charge in [0.1, 0.15) is 5.75 Å². The lowest BCUT2D eigenvalue weighted by atomic mass is 10.3. The molecule has 0 heterocycles. The van der Waals surface area contributed by atoms with Crippen molar-refractivity contribution >= 4 is 17.6 Å². The SMILES string of the molecule is CCNC(=NCCCC(=O)NC1CC1)Nc1cccc(OCCCOC)c1. The zero-order chi connectivity index (χ0) is 19.3. The van der Waals surface area contributed by atoms with Crippen molar-refractivity contribution in [1.29, 1.82) is 0 Å². The molecule has 1 fully saturated rings. The first-order valence-electron chi connectivity index (χ1n) is 9.77. The maximum absolute atomic E-state index is 11.7. The third-order valence-corrected chi connectivity index (χ3v) is 3.98. The molecular weight excluding hydrogens is 344 g/mol. The highest BCUT2D eigenvalue weighted by Crippen LogP contribution is 2.19. The van der Waals surface area contributed by atoms with Crippen LogP contribution in [-0.2, 0) is 9.53 Å². The summed E-state index contributed by atoms with van der Waals surface area (Å²) in [4.78, 5) is 16.3. The van der Waals surface area contributed by atoms with E-state index in [1.165, 1.54) is 0 Å². The van der Waals surface area contributed by atoms with Crippen LogP contribution in [0.3, 0.4) is 0 Å². The molecule has 0 aliphatic heterocycles. The highest BCUT2D eigenvalue weighted by Gasteiger charge is 2.22. The number of nitrogens with zero attached hydrogens (tertiary/aromatic N) is 1. The van der Waals surface area contributed by atoms with E-state index < -0.39 is 0 Å². The molecule has 7 heteroatoms. The van der Waals surface area contributed by atoms with Gasteiger partial charge in [-0.2, -0.15) is 0 Å². The number of anilines is 1. The van der Waals surface area contributed by atoms with Crippen molar-refractivity contribution in [2.24, 2.45) is 4.99 Å². The van der Waals surface area contributed by atoms with Crippen LogP contribution in [0.5, 0.6) is 5.75 Å². The molecule has 1 aliphatic carbocycles. The first kappa shape index (κ1) is 21.0. The second kappa shape index (κ2) is 12.2. The smallest absolute Gasteiger partial charge is 0.220 e. The first-order chi connectivity index (χ1) is 13.2. The van der Waals surface area contributed by atoms with Gasteiger partial charge < -0.3 is 25.4 Å². The maximum Gasteiger partial charge on any atom is 0.220 e. The lowest BCUT2D eigenvalue weighted by Crippen LogP contribution is -2.31. The zero-order valence-corrected chi connectivity index (χ0v) is 16.4. The summed E-state index contributed by atoms with van der Waals surface area (Å²) in [6, 6.07) is 8.21. The summed E-state index contributed by atoms with van der Waals surface area (Å²) in [5.41, 5.74) is 0.908. The summed E-state index contributed by atoms with van der Waals surface area (Å²) in [6.07, 6.45) is 4.34. The van der Waals surface area contributed by atoms with E-state index in [1.54, 1.807) is 7.11 Å². The molecule has 1 aromatic rings. The van der Waals surface area contributed by atoms with E-state index in [9.17, 15) is 4.79 Å². The van der Waals surface area contributed by atoms with Gasteiger partial charge in [-0.3, -0.25) is 9.79 Å². The average Bonchev–Trinajstić information content (AvgIpc) is 3.47.